The van der Waals surface area contributed by atoms with E-state index in [1.807, 2.05) is 25.1 Å². The molecular weight excluding hydrogens is 376 g/mol. The standard InChI is InChI=1S/C22H23ClN2OS/c1-13-10-15(3)22-17(11-13)14(2)12-21(25-22)27-9-8-20(26)24-19-7-5-6-18(23)16(19)4/h5-7,10-12H,8-9H2,1-4H3,(H,24,26). The molecule has 0 saturated carbocycles. The predicted molar refractivity (Wildman–Crippen MR) is 116 cm³/mol. The van der Waals surface area contributed by atoms with E-state index in [2.05, 4.69) is 44.3 Å². The van der Waals surface area contributed by atoms with E-state index in [0.29, 0.717) is 17.2 Å². The van der Waals surface area contributed by atoms with Gasteiger partial charge in [0.15, 0.2) is 0 Å². The van der Waals surface area contributed by atoms with E-state index in [-0.39, 0.29) is 5.91 Å². The van der Waals surface area contributed by atoms with Gasteiger partial charge in [0.25, 0.3) is 0 Å². The molecule has 0 radical (unpaired) electrons. The zero-order valence-corrected chi connectivity index (χ0v) is 17.6. The van der Waals surface area contributed by atoms with Crippen molar-refractivity contribution in [3.8, 4) is 0 Å². The number of carbonyl (C=O) groups excluding carboxylic acids is 1. The topological polar surface area (TPSA) is 42.0 Å². The number of rotatable bonds is 5. The summed E-state index contributed by atoms with van der Waals surface area (Å²) in [6, 6.07) is 12.0. The predicted octanol–water partition coefficient (Wildman–Crippen LogP) is 6.24. The van der Waals surface area contributed by atoms with E-state index in [9.17, 15) is 4.79 Å². The molecule has 1 aromatic heterocycles. The Kier molecular flexibility index (Phi) is 6.08. The van der Waals surface area contributed by atoms with E-state index in [1.165, 1.54) is 22.1 Å². The number of anilines is 1. The minimum atomic E-state index is -0.0165. The average Bonchev–Trinajstić information content (AvgIpc) is 2.60. The number of halogens is 1. The summed E-state index contributed by atoms with van der Waals surface area (Å²) in [5, 5.41) is 5.75. The number of hydrogen-bond donors (Lipinski definition) is 1. The number of amides is 1. The number of aryl methyl sites for hydroxylation is 3. The highest BCUT2D eigenvalue weighted by atomic mass is 35.5. The summed E-state index contributed by atoms with van der Waals surface area (Å²) in [7, 11) is 0. The van der Waals surface area contributed by atoms with Crippen LogP contribution < -0.4 is 5.32 Å². The van der Waals surface area contributed by atoms with Crippen LogP contribution in [0.15, 0.2) is 41.4 Å². The Balaban J connectivity index is 1.65. The van der Waals surface area contributed by atoms with Crippen LogP contribution in [0.3, 0.4) is 0 Å². The molecule has 0 aliphatic carbocycles. The largest absolute Gasteiger partial charge is 0.326 e. The first-order valence-electron chi connectivity index (χ1n) is 8.91. The van der Waals surface area contributed by atoms with E-state index < -0.39 is 0 Å². The fourth-order valence-electron chi connectivity index (χ4n) is 3.09. The van der Waals surface area contributed by atoms with Crippen molar-refractivity contribution in [2.75, 3.05) is 11.1 Å². The maximum absolute atomic E-state index is 12.2. The Morgan fingerprint density at radius 3 is 2.67 bits per heavy atom. The summed E-state index contributed by atoms with van der Waals surface area (Å²) < 4.78 is 0. The zero-order chi connectivity index (χ0) is 19.6. The van der Waals surface area contributed by atoms with Crippen LogP contribution in [0, 0.1) is 27.7 Å². The number of nitrogens with one attached hydrogen (secondary N) is 1. The van der Waals surface area contributed by atoms with Crippen LogP contribution >= 0.6 is 23.4 Å². The molecule has 0 saturated heterocycles. The van der Waals surface area contributed by atoms with Gasteiger partial charge in [-0.05, 0) is 68.7 Å². The molecule has 0 aliphatic rings. The van der Waals surface area contributed by atoms with Gasteiger partial charge in [-0.25, -0.2) is 4.98 Å². The first-order valence-corrected chi connectivity index (χ1v) is 10.3. The van der Waals surface area contributed by atoms with Gasteiger partial charge >= 0.3 is 0 Å². The van der Waals surface area contributed by atoms with E-state index in [1.54, 1.807) is 11.8 Å². The highest BCUT2D eigenvalue weighted by Gasteiger charge is 2.09. The van der Waals surface area contributed by atoms with Crippen molar-refractivity contribution in [2.45, 2.75) is 39.1 Å². The number of benzene rings is 2. The van der Waals surface area contributed by atoms with Gasteiger partial charge in [-0.1, -0.05) is 29.3 Å². The van der Waals surface area contributed by atoms with Gasteiger partial charge in [0.05, 0.1) is 10.5 Å². The van der Waals surface area contributed by atoms with E-state index >= 15 is 0 Å². The number of pyridine rings is 1. The fraction of sp³-hybridized carbons (Fsp3) is 0.273. The van der Waals surface area contributed by atoms with E-state index in [0.717, 1.165) is 21.8 Å². The van der Waals surface area contributed by atoms with Gasteiger partial charge < -0.3 is 5.32 Å². The monoisotopic (exact) mass is 398 g/mol. The molecule has 0 spiro atoms. The van der Waals surface area contributed by atoms with Crippen LogP contribution in [0.1, 0.15) is 28.7 Å². The molecule has 5 heteroatoms. The first kappa shape index (κ1) is 19.7. The summed E-state index contributed by atoms with van der Waals surface area (Å²) in [6.45, 7) is 8.21. The van der Waals surface area contributed by atoms with Crippen molar-refractivity contribution in [2.24, 2.45) is 0 Å². The van der Waals surface area contributed by atoms with Gasteiger partial charge in [-0.15, -0.1) is 11.8 Å². The molecule has 0 fully saturated rings. The third kappa shape index (κ3) is 4.63. The van der Waals surface area contributed by atoms with Crippen molar-refractivity contribution in [3.63, 3.8) is 0 Å². The van der Waals surface area contributed by atoms with E-state index in [4.69, 9.17) is 16.6 Å². The quantitative estimate of drug-likeness (QED) is 0.517. The molecule has 0 unspecified atom stereocenters. The number of carbonyl (C=O) groups is 1. The third-order valence-corrected chi connectivity index (χ3v) is 5.88. The van der Waals surface area contributed by atoms with Crippen molar-refractivity contribution in [3.05, 3.63) is 63.7 Å². The minimum absolute atomic E-state index is 0.0165. The molecule has 27 heavy (non-hydrogen) atoms. The third-order valence-electron chi connectivity index (χ3n) is 4.55. The van der Waals surface area contributed by atoms with Crippen LogP contribution in [0.25, 0.3) is 10.9 Å². The smallest absolute Gasteiger partial charge is 0.225 e. The Labute approximate surface area is 169 Å². The number of fused-ring (bicyclic) bond motifs is 1. The summed E-state index contributed by atoms with van der Waals surface area (Å²) in [5.74, 6) is 0.658. The number of hydrogen-bond acceptors (Lipinski definition) is 3. The van der Waals surface area contributed by atoms with Crippen LogP contribution in [0.4, 0.5) is 5.69 Å². The summed E-state index contributed by atoms with van der Waals surface area (Å²) >= 11 is 7.71. The Morgan fingerprint density at radius 1 is 1.11 bits per heavy atom. The normalized spacial score (nSPS) is 11.0. The zero-order valence-electron chi connectivity index (χ0n) is 16.0. The second-order valence-electron chi connectivity index (χ2n) is 6.81. The number of nitrogens with zero attached hydrogens (tertiary/aromatic N) is 1. The molecule has 3 nitrogen and oxygen atoms in total. The average molecular weight is 399 g/mol. The highest BCUT2D eigenvalue weighted by Crippen LogP contribution is 2.27. The Hall–Kier alpha value is -2.04. The maximum Gasteiger partial charge on any atom is 0.225 e. The Bertz CT molecular complexity index is 1020. The lowest BCUT2D eigenvalue weighted by molar-refractivity contribution is -0.115. The molecule has 3 aromatic rings. The molecule has 2 aromatic carbocycles. The number of aromatic nitrogens is 1. The lowest BCUT2D eigenvalue weighted by Gasteiger charge is -2.11. The van der Waals surface area contributed by atoms with Crippen LogP contribution in [0.2, 0.25) is 5.02 Å². The lowest BCUT2D eigenvalue weighted by atomic mass is 10.0. The van der Waals surface area contributed by atoms with Crippen molar-refractivity contribution < 1.29 is 4.79 Å². The molecule has 0 aliphatic heterocycles. The maximum atomic E-state index is 12.2. The molecule has 0 atom stereocenters. The van der Waals surface area contributed by atoms with Crippen LogP contribution in [-0.4, -0.2) is 16.6 Å². The summed E-state index contributed by atoms with van der Waals surface area (Å²) in [6.07, 6.45) is 0.419. The Morgan fingerprint density at radius 2 is 1.89 bits per heavy atom. The van der Waals surface area contributed by atoms with Crippen molar-refractivity contribution in [1.82, 2.24) is 4.98 Å². The molecule has 1 N–H and O–H groups in total. The fourth-order valence-corrected chi connectivity index (χ4v) is 4.18. The second-order valence-corrected chi connectivity index (χ2v) is 8.34. The van der Waals surface area contributed by atoms with Crippen LogP contribution in [0.5, 0.6) is 0 Å². The van der Waals surface area contributed by atoms with Crippen molar-refractivity contribution in [1.29, 1.82) is 0 Å². The van der Waals surface area contributed by atoms with Crippen molar-refractivity contribution >= 4 is 45.9 Å². The van der Waals surface area contributed by atoms with Gasteiger partial charge in [-0.3, -0.25) is 4.79 Å². The highest BCUT2D eigenvalue weighted by molar-refractivity contribution is 7.99. The SMILES string of the molecule is Cc1cc(C)c2nc(SCCC(=O)Nc3cccc(Cl)c3C)cc(C)c2c1. The minimum Gasteiger partial charge on any atom is -0.326 e. The molecule has 140 valence electrons. The first-order chi connectivity index (χ1) is 12.8. The van der Waals surface area contributed by atoms with Gasteiger partial charge in [0.2, 0.25) is 5.91 Å². The molecular formula is C22H23ClN2OS. The summed E-state index contributed by atoms with van der Waals surface area (Å²) in [4.78, 5) is 17.0. The molecule has 1 amide bonds. The van der Waals surface area contributed by atoms with Crippen LogP contribution in [-0.2, 0) is 4.79 Å². The van der Waals surface area contributed by atoms with Gasteiger partial charge in [-0.2, -0.15) is 0 Å². The summed E-state index contributed by atoms with van der Waals surface area (Å²) in [5.41, 5.74) is 6.35. The molecule has 0 bridgehead atoms. The molecule has 1 heterocycles. The second kappa shape index (κ2) is 8.32. The van der Waals surface area contributed by atoms with Gasteiger partial charge in [0, 0.05) is 28.3 Å². The number of thioether (sulfide) groups is 1. The molecule has 3 rings (SSSR count). The van der Waals surface area contributed by atoms with Gasteiger partial charge in [0.1, 0.15) is 0 Å². The lowest BCUT2D eigenvalue weighted by Crippen LogP contribution is -2.13.